The van der Waals surface area contributed by atoms with Crippen LogP contribution < -0.4 is 5.32 Å². The van der Waals surface area contributed by atoms with Gasteiger partial charge in [-0.15, -0.1) is 0 Å². The first kappa shape index (κ1) is 15.8. The van der Waals surface area contributed by atoms with E-state index in [2.05, 4.69) is 5.32 Å². The van der Waals surface area contributed by atoms with Crippen LogP contribution in [0.2, 0.25) is 0 Å². The van der Waals surface area contributed by atoms with Gasteiger partial charge in [0.15, 0.2) is 0 Å². The number of hydrogen-bond donors (Lipinski definition) is 1. The third-order valence-electron chi connectivity index (χ3n) is 4.64. The highest BCUT2D eigenvalue weighted by Gasteiger charge is 2.36. The Hall–Kier alpha value is -2.73. The molecule has 2 amide bonds. The minimum absolute atomic E-state index is 0.230. The van der Waals surface area contributed by atoms with E-state index in [1.807, 2.05) is 12.1 Å². The number of rotatable bonds is 2. The Labute approximate surface area is 144 Å². The van der Waals surface area contributed by atoms with Crippen molar-refractivity contribution in [3.63, 3.8) is 0 Å². The Balaban J connectivity index is 1.73. The van der Waals surface area contributed by atoms with Crippen molar-refractivity contribution in [2.75, 3.05) is 13.1 Å². The molecule has 25 heavy (non-hydrogen) atoms. The Kier molecular flexibility index (Phi) is 3.97. The second-order valence-corrected chi connectivity index (χ2v) is 6.18. The Bertz CT molecular complexity index is 852. The molecule has 0 bridgehead atoms. The van der Waals surface area contributed by atoms with Gasteiger partial charge in [-0.1, -0.05) is 24.3 Å². The number of benzene rings is 2. The van der Waals surface area contributed by atoms with E-state index >= 15 is 0 Å². The molecule has 2 aromatic rings. The highest BCUT2D eigenvalue weighted by molar-refractivity contribution is 6.00. The number of carbonyl (C=O) groups is 2. The fourth-order valence-electron chi connectivity index (χ4n) is 3.45. The zero-order chi connectivity index (χ0) is 17.4. The van der Waals surface area contributed by atoms with Crippen LogP contribution in [0.3, 0.4) is 0 Å². The van der Waals surface area contributed by atoms with Crippen molar-refractivity contribution in [2.24, 2.45) is 0 Å². The van der Waals surface area contributed by atoms with Crippen LogP contribution in [0, 0.1) is 5.82 Å². The number of fused-ring (bicyclic) bond motifs is 1. The zero-order valence-corrected chi connectivity index (χ0v) is 13.5. The largest absolute Gasteiger partial charge is 0.372 e. The van der Waals surface area contributed by atoms with Crippen LogP contribution in [0.25, 0.3) is 0 Å². The molecule has 1 saturated heterocycles. The third kappa shape index (κ3) is 2.78. The van der Waals surface area contributed by atoms with Gasteiger partial charge in [0, 0.05) is 18.7 Å². The summed E-state index contributed by atoms with van der Waals surface area (Å²) in [7, 11) is 0. The molecule has 0 spiro atoms. The van der Waals surface area contributed by atoms with Crippen LogP contribution in [0.4, 0.5) is 4.39 Å². The molecule has 2 heterocycles. The van der Waals surface area contributed by atoms with Crippen LogP contribution in [0.15, 0.2) is 42.5 Å². The number of amides is 2. The Morgan fingerprint density at radius 2 is 2.04 bits per heavy atom. The van der Waals surface area contributed by atoms with E-state index in [1.54, 1.807) is 18.2 Å². The van der Waals surface area contributed by atoms with E-state index in [-0.39, 0.29) is 11.8 Å². The Morgan fingerprint density at radius 3 is 2.88 bits per heavy atom. The molecular formula is C19H17FN2O3. The molecule has 1 fully saturated rings. The molecule has 5 nitrogen and oxygen atoms in total. The lowest BCUT2D eigenvalue weighted by Crippen LogP contribution is -2.52. The van der Waals surface area contributed by atoms with E-state index < -0.39 is 11.9 Å². The lowest BCUT2D eigenvalue weighted by molar-refractivity contribution is -0.128. The highest BCUT2D eigenvalue weighted by Crippen LogP contribution is 2.29. The fourth-order valence-corrected chi connectivity index (χ4v) is 3.45. The topological polar surface area (TPSA) is 58.6 Å². The first-order valence-electron chi connectivity index (χ1n) is 8.18. The minimum atomic E-state index is -0.838. The molecule has 0 radical (unpaired) electrons. The van der Waals surface area contributed by atoms with E-state index in [1.165, 1.54) is 17.0 Å². The lowest BCUT2D eigenvalue weighted by Gasteiger charge is -2.35. The number of piperazine rings is 1. The summed E-state index contributed by atoms with van der Waals surface area (Å²) >= 11 is 0. The van der Waals surface area contributed by atoms with Gasteiger partial charge in [0.1, 0.15) is 11.9 Å². The summed E-state index contributed by atoms with van der Waals surface area (Å²) in [5.41, 5.74) is 2.88. The monoisotopic (exact) mass is 340 g/mol. The molecule has 0 aliphatic carbocycles. The molecule has 2 aliphatic rings. The average Bonchev–Trinajstić information content (AvgIpc) is 3.09. The molecule has 128 valence electrons. The van der Waals surface area contributed by atoms with Crippen molar-refractivity contribution in [1.29, 1.82) is 0 Å². The molecule has 0 aromatic heterocycles. The zero-order valence-electron chi connectivity index (χ0n) is 13.5. The second-order valence-electron chi connectivity index (χ2n) is 6.18. The lowest BCUT2D eigenvalue weighted by atomic mass is 9.98. The first-order chi connectivity index (χ1) is 12.1. The van der Waals surface area contributed by atoms with Gasteiger partial charge in [-0.2, -0.15) is 0 Å². The van der Waals surface area contributed by atoms with Gasteiger partial charge < -0.3 is 15.0 Å². The third-order valence-corrected chi connectivity index (χ3v) is 4.64. The number of nitrogens with one attached hydrogen (secondary N) is 1. The normalized spacial score (nSPS) is 19.5. The summed E-state index contributed by atoms with van der Waals surface area (Å²) in [6.07, 6.45) is 0. The summed E-state index contributed by atoms with van der Waals surface area (Å²) < 4.78 is 19.1. The molecule has 1 N–H and O–H groups in total. The van der Waals surface area contributed by atoms with Crippen LogP contribution >= 0.6 is 0 Å². The molecule has 1 atom stereocenters. The molecule has 2 aliphatic heterocycles. The molecule has 2 aromatic carbocycles. The van der Waals surface area contributed by atoms with Crippen LogP contribution in [0.1, 0.15) is 33.1 Å². The summed E-state index contributed by atoms with van der Waals surface area (Å²) in [5, 5.41) is 2.76. The van der Waals surface area contributed by atoms with E-state index in [4.69, 9.17) is 4.74 Å². The summed E-state index contributed by atoms with van der Waals surface area (Å²) in [4.78, 5) is 27.1. The number of carbonyl (C=O) groups excluding carboxylic acids is 2. The van der Waals surface area contributed by atoms with Gasteiger partial charge in [-0.3, -0.25) is 9.59 Å². The van der Waals surface area contributed by atoms with Crippen molar-refractivity contribution in [3.8, 4) is 0 Å². The fraction of sp³-hybridized carbons (Fsp3) is 0.263. The predicted molar refractivity (Wildman–Crippen MR) is 88.1 cm³/mol. The van der Waals surface area contributed by atoms with Crippen molar-refractivity contribution in [2.45, 2.75) is 19.3 Å². The minimum Gasteiger partial charge on any atom is -0.372 e. The SMILES string of the molecule is O=C1NCCN(C(=O)c2cccc3c2COC3)C1c1cccc(F)c1. The highest BCUT2D eigenvalue weighted by atomic mass is 19.1. The molecular weight excluding hydrogens is 323 g/mol. The van der Waals surface area contributed by atoms with Gasteiger partial charge in [0.2, 0.25) is 5.91 Å². The van der Waals surface area contributed by atoms with Crippen LogP contribution in [-0.2, 0) is 22.7 Å². The van der Waals surface area contributed by atoms with Crippen molar-refractivity contribution < 1.29 is 18.7 Å². The summed E-state index contributed by atoms with van der Waals surface area (Å²) in [5.74, 6) is -0.960. The maximum Gasteiger partial charge on any atom is 0.255 e. The predicted octanol–water partition coefficient (Wildman–Crippen LogP) is 2.17. The number of nitrogens with zero attached hydrogens (tertiary/aromatic N) is 1. The van der Waals surface area contributed by atoms with Crippen molar-refractivity contribution in [3.05, 3.63) is 70.5 Å². The van der Waals surface area contributed by atoms with Gasteiger partial charge in [-0.05, 0) is 34.9 Å². The maximum absolute atomic E-state index is 13.6. The van der Waals surface area contributed by atoms with Crippen LogP contribution in [0.5, 0.6) is 0 Å². The van der Waals surface area contributed by atoms with E-state index in [0.29, 0.717) is 37.4 Å². The number of hydrogen-bond acceptors (Lipinski definition) is 3. The van der Waals surface area contributed by atoms with Gasteiger partial charge in [0.25, 0.3) is 5.91 Å². The summed E-state index contributed by atoms with van der Waals surface area (Å²) in [6.45, 7) is 1.63. The van der Waals surface area contributed by atoms with Gasteiger partial charge in [0.05, 0.1) is 13.2 Å². The van der Waals surface area contributed by atoms with Gasteiger partial charge >= 0.3 is 0 Å². The first-order valence-corrected chi connectivity index (χ1v) is 8.18. The van der Waals surface area contributed by atoms with Crippen molar-refractivity contribution >= 4 is 11.8 Å². The maximum atomic E-state index is 13.6. The van der Waals surface area contributed by atoms with Crippen LogP contribution in [-0.4, -0.2) is 29.8 Å². The van der Waals surface area contributed by atoms with E-state index in [0.717, 1.165) is 11.1 Å². The average molecular weight is 340 g/mol. The number of halogens is 1. The second kappa shape index (κ2) is 6.29. The molecule has 0 saturated carbocycles. The van der Waals surface area contributed by atoms with Gasteiger partial charge in [-0.25, -0.2) is 4.39 Å². The molecule has 4 rings (SSSR count). The Morgan fingerprint density at radius 1 is 1.20 bits per heavy atom. The quantitative estimate of drug-likeness (QED) is 0.911. The summed E-state index contributed by atoms with van der Waals surface area (Å²) in [6, 6.07) is 10.5. The smallest absolute Gasteiger partial charge is 0.255 e. The van der Waals surface area contributed by atoms with E-state index in [9.17, 15) is 14.0 Å². The van der Waals surface area contributed by atoms with Crippen molar-refractivity contribution in [1.82, 2.24) is 10.2 Å². The molecule has 6 heteroatoms. The molecule has 1 unspecified atom stereocenters. The standard InChI is InChI=1S/C19H17FN2O3/c20-14-5-1-3-12(9-14)17-18(23)21-7-8-22(17)19(24)15-6-2-4-13-10-25-11-16(13)15/h1-6,9,17H,7-8,10-11H2,(H,21,23). The number of ether oxygens (including phenoxy) is 1.